The van der Waals surface area contributed by atoms with E-state index in [1.54, 1.807) is 0 Å². The van der Waals surface area contributed by atoms with Gasteiger partial charge in [-0.3, -0.25) is 0 Å². The molecule has 146 valence electrons. The van der Waals surface area contributed by atoms with E-state index < -0.39 is 5.41 Å². The molecule has 0 N–H and O–H groups in total. The molecule has 1 aliphatic heterocycles. The lowest BCUT2D eigenvalue weighted by Crippen LogP contribution is -2.39. The topological polar surface area (TPSA) is 3.24 Å². The SMILES string of the molecule is C=CC1=C(C=C)C2(C(/C=C\C)=C1C=C)C(/C=C\C)=C(C=C)N(C)c1ccccc12. The largest absolute Gasteiger partial charge is 0.344 e. The van der Waals surface area contributed by atoms with Gasteiger partial charge < -0.3 is 4.90 Å². The highest BCUT2D eigenvalue weighted by atomic mass is 15.1. The Kier molecular flexibility index (Phi) is 5.61. The van der Waals surface area contributed by atoms with Crippen LogP contribution in [-0.2, 0) is 5.41 Å². The maximum atomic E-state index is 4.21. The first-order valence-electron chi connectivity index (χ1n) is 9.91. The maximum absolute atomic E-state index is 4.21. The highest BCUT2D eigenvalue weighted by molar-refractivity contribution is 5.84. The second-order valence-corrected chi connectivity index (χ2v) is 7.10. The van der Waals surface area contributed by atoms with Crippen molar-refractivity contribution >= 4 is 5.69 Å². The molecule has 3 rings (SSSR count). The number of para-hydroxylation sites is 1. The lowest BCUT2D eigenvalue weighted by molar-refractivity contribution is 0.720. The van der Waals surface area contributed by atoms with Crippen molar-refractivity contribution in [2.45, 2.75) is 19.3 Å². The van der Waals surface area contributed by atoms with Crippen LogP contribution in [0.2, 0.25) is 0 Å². The highest BCUT2D eigenvalue weighted by Crippen LogP contribution is 2.60. The summed E-state index contributed by atoms with van der Waals surface area (Å²) in [6, 6.07) is 8.57. The van der Waals surface area contributed by atoms with E-state index in [9.17, 15) is 0 Å². The van der Waals surface area contributed by atoms with E-state index in [0.717, 1.165) is 28.1 Å². The van der Waals surface area contributed by atoms with Gasteiger partial charge in [-0.1, -0.05) is 87.0 Å². The van der Waals surface area contributed by atoms with E-state index in [4.69, 9.17) is 0 Å². The Morgan fingerprint density at radius 1 is 0.759 bits per heavy atom. The molecule has 1 aromatic rings. The van der Waals surface area contributed by atoms with Crippen LogP contribution in [0.15, 0.2) is 133 Å². The van der Waals surface area contributed by atoms with Crippen LogP contribution in [-0.4, -0.2) is 7.05 Å². The number of likely N-dealkylation sites (N-methyl/N-ethyl adjacent to an activating group) is 1. The Balaban J connectivity index is 2.68. The molecule has 1 aliphatic carbocycles. The molecule has 1 atom stereocenters. The monoisotopic (exact) mass is 379 g/mol. The summed E-state index contributed by atoms with van der Waals surface area (Å²) in [5, 5.41) is 0. The van der Waals surface area contributed by atoms with Crippen molar-refractivity contribution in [1.82, 2.24) is 0 Å². The van der Waals surface area contributed by atoms with E-state index in [0.29, 0.717) is 0 Å². The summed E-state index contributed by atoms with van der Waals surface area (Å²) in [6.07, 6.45) is 16.4. The second kappa shape index (κ2) is 7.97. The molecule has 0 bridgehead atoms. The predicted octanol–water partition coefficient (Wildman–Crippen LogP) is 7.13. The molecule has 29 heavy (non-hydrogen) atoms. The van der Waals surface area contributed by atoms with Gasteiger partial charge >= 0.3 is 0 Å². The number of anilines is 1. The van der Waals surface area contributed by atoms with Gasteiger partial charge in [0.25, 0.3) is 0 Å². The van der Waals surface area contributed by atoms with Crippen LogP contribution < -0.4 is 4.90 Å². The van der Waals surface area contributed by atoms with Crippen molar-refractivity contribution in [3.05, 3.63) is 138 Å². The van der Waals surface area contributed by atoms with Gasteiger partial charge in [0.05, 0.1) is 5.41 Å². The molecule has 1 heteroatoms. The molecular formula is C28H29N. The van der Waals surface area contributed by atoms with E-state index in [1.165, 1.54) is 16.7 Å². The molecule has 1 nitrogen and oxygen atoms in total. The van der Waals surface area contributed by atoms with Crippen molar-refractivity contribution in [3.8, 4) is 0 Å². The molecule has 0 radical (unpaired) electrons. The molecule has 0 saturated heterocycles. The summed E-state index contributed by atoms with van der Waals surface area (Å²) >= 11 is 0. The Hall–Kier alpha value is -3.32. The number of benzene rings is 1. The zero-order valence-corrected chi connectivity index (χ0v) is 17.7. The predicted molar refractivity (Wildman–Crippen MR) is 128 cm³/mol. The average Bonchev–Trinajstić information content (AvgIpc) is 3.01. The minimum Gasteiger partial charge on any atom is -0.344 e. The smallest absolute Gasteiger partial charge is 0.0753 e. The molecule has 0 saturated carbocycles. The first-order chi connectivity index (χ1) is 14.1. The summed E-state index contributed by atoms with van der Waals surface area (Å²) in [5.41, 5.74) is 8.63. The maximum Gasteiger partial charge on any atom is 0.0753 e. The van der Waals surface area contributed by atoms with E-state index in [-0.39, 0.29) is 0 Å². The number of fused-ring (bicyclic) bond motifs is 2. The van der Waals surface area contributed by atoms with Crippen molar-refractivity contribution in [2.75, 3.05) is 11.9 Å². The quantitative estimate of drug-likeness (QED) is 0.508. The summed E-state index contributed by atoms with van der Waals surface area (Å²) in [7, 11) is 2.10. The first-order valence-corrected chi connectivity index (χ1v) is 9.91. The molecule has 0 amide bonds. The molecular weight excluding hydrogens is 350 g/mol. The second-order valence-electron chi connectivity index (χ2n) is 7.10. The van der Waals surface area contributed by atoms with Gasteiger partial charge in [0.15, 0.2) is 0 Å². The van der Waals surface area contributed by atoms with Crippen molar-refractivity contribution in [1.29, 1.82) is 0 Å². The third kappa shape index (κ3) is 2.61. The summed E-state index contributed by atoms with van der Waals surface area (Å²) < 4.78 is 0. The fourth-order valence-electron chi connectivity index (χ4n) is 4.86. The van der Waals surface area contributed by atoms with E-state index in [2.05, 4.69) is 101 Å². The van der Waals surface area contributed by atoms with Crippen molar-refractivity contribution in [2.24, 2.45) is 0 Å². The lowest BCUT2D eigenvalue weighted by atomic mass is 9.62. The molecule has 0 fully saturated rings. The first kappa shape index (κ1) is 20.4. The minimum absolute atomic E-state index is 0.500. The van der Waals surface area contributed by atoms with Gasteiger partial charge in [-0.15, -0.1) is 0 Å². The fourth-order valence-corrected chi connectivity index (χ4v) is 4.86. The fraction of sp³-hybridized carbons (Fsp3) is 0.143. The van der Waals surface area contributed by atoms with E-state index in [1.807, 2.05) is 24.3 Å². The zero-order chi connectivity index (χ0) is 21.2. The molecule has 2 aliphatic rings. The van der Waals surface area contributed by atoms with Crippen LogP contribution in [0.3, 0.4) is 0 Å². The van der Waals surface area contributed by atoms with E-state index >= 15 is 0 Å². The van der Waals surface area contributed by atoms with Gasteiger partial charge in [-0.2, -0.15) is 0 Å². The van der Waals surface area contributed by atoms with Crippen molar-refractivity contribution < 1.29 is 0 Å². The Bertz CT molecular complexity index is 1050. The number of rotatable bonds is 6. The molecule has 1 heterocycles. The minimum atomic E-state index is -0.500. The normalized spacial score (nSPS) is 21.6. The number of nitrogens with zero attached hydrogens (tertiary/aromatic N) is 1. The third-order valence-corrected chi connectivity index (χ3v) is 5.86. The standard InChI is InChI=1S/C28H29N/c1-8-16-23-21(11-4)20(10-3)22(12-5)28(23)24(17-9-2)26(13-6)29(7)27-19-15-14-18-25(27)28/h8-19H,3-6H2,1-2,7H3/b16-8-,17-9-. The van der Waals surface area contributed by atoms with Gasteiger partial charge in [0.1, 0.15) is 0 Å². The van der Waals surface area contributed by atoms with Crippen molar-refractivity contribution in [3.63, 3.8) is 0 Å². The average molecular weight is 380 g/mol. The van der Waals surface area contributed by atoms with Crippen LogP contribution in [0.25, 0.3) is 0 Å². The van der Waals surface area contributed by atoms with Crippen LogP contribution in [0, 0.1) is 0 Å². The van der Waals surface area contributed by atoms with Crippen LogP contribution in [0.1, 0.15) is 19.4 Å². The number of allylic oxidation sites excluding steroid dienone is 13. The third-order valence-electron chi connectivity index (χ3n) is 5.86. The summed E-state index contributed by atoms with van der Waals surface area (Å²) in [5.74, 6) is 0. The van der Waals surface area contributed by atoms with Gasteiger partial charge in [-0.25, -0.2) is 0 Å². The highest BCUT2D eigenvalue weighted by Gasteiger charge is 2.51. The summed E-state index contributed by atoms with van der Waals surface area (Å²) in [4.78, 5) is 2.22. The van der Waals surface area contributed by atoms with Crippen LogP contribution in [0.4, 0.5) is 5.69 Å². The number of hydrogen-bond acceptors (Lipinski definition) is 1. The number of hydrogen-bond donors (Lipinski definition) is 0. The Morgan fingerprint density at radius 2 is 1.34 bits per heavy atom. The molecule has 1 unspecified atom stereocenters. The zero-order valence-electron chi connectivity index (χ0n) is 17.7. The molecule has 1 spiro atoms. The van der Waals surface area contributed by atoms with Crippen LogP contribution in [0.5, 0.6) is 0 Å². The van der Waals surface area contributed by atoms with Gasteiger partial charge in [0, 0.05) is 18.4 Å². The van der Waals surface area contributed by atoms with Gasteiger partial charge in [-0.05, 0) is 59.4 Å². The lowest BCUT2D eigenvalue weighted by Gasteiger charge is -2.45. The summed E-state index contributed by atoms with van der Waals surface area (Å²) in [6.45, 7) is 20.7. The van der Waals surface area contributed by atoms with Gasteiger partial charge in [0.2, 0.25) is 0 Å². The Morgan fingerprint density at radius 3 is 1.90 bits per heavy atom. The molecule has 1 aromatic carbocycles. The molecule has 0 aromatic heterocycles. The Labute approximate surface area is 175 Å². The van der Waals surface area contributed by atoms with Crippen LogP contribution >= 0.6 is 0 Å².